The minimum absolute atomic E-state index is 0.147. The normalized spacial score (nSPS) is 11.5. The summed E-state index contributed by atoms with van der Waals surface area (Å²) in [6, 6.07) is 15.7. The molecule has 2 heterocycles. The lowest BCUT2D eigenvalue weighted by molar-refractivity contribution is -0.138. The fourth-order valence-corrected chi connectivity index (χ4v) is 3.80. The van der Waals surface area contributed by atoms with E-state index in [0.717, 1.165) is 6.07 Å². The Balaban J connectivity index is 1.63. The van der Waals surface area contributed by atoms with Crippen LogP contribution in [-0.2, 0) is 12.7 Å². The van der Waals surface area contributed by atoms with Crippen LogP contribution in [0.5, 0.6) is 0 Å². The predicted molar refractivity (Wildman–Crippen MR) is 124 cm³/mol. The van der Waals surface area contributed by atoms with Crippen LogP contribution < -0.4 is 10.7 Å². The van der Waals surface area contributed by atoms with Gasteiger partial charge in [0.1, 0.15) is 0 Å². The van der Waals surface area contributed by atoms with Crippen molar-refractivity contribution in [2.24, 2.45) is 0 Å². The second kappa shape index (κ2) is 9.21. The summed E-state index contributed by atoms with van der Waals surface area (Å²) in [5.74, 6) is -0.865. The molecule has 0 saturated heterocycles. The van der Waals surface area contributed by atoms with E-state index in [9.17, 15) is 22.8 Å². The van der Waals surface area contributed by atoms with Crippen LogP contribution >= 0.6 is 0 Å². The van der Waals surface area contributed by atoms with Gasteiger partial charge in [0, 0.05) is 24.0 Å². The van der Waals surface area contributed by atoms with Crippen molar-refractivity contribution in [1.82, 2.24) is 24.9 Å². The molecule has 180 valence electrons. The van der Waals surface area contributed by atoms with Crippen LogP contribution in [0.2, 0.25) is 0 Å². The topological polar surface area (TPSA) is 81.8 Å². The van der Waals surface area contributed by atoms with Crippen molar-refractivity contribution < 1.29 is 18.0 Å². The number of hydrogen-bond acceptors (Lipinski definition) is 4. The molecule has 0 aliphatic carbocycles. The zero-order chi connectivity index (χ0) is 25.3. The first kappa shape index (κ1) is 23.9. The highest BCUT2D eigenvalue weighted by Gasteiger charge is 2.34. The molecule has 0 radical (unpaired) electrons. The second-order valence-corrected chi connectivity index (χ2v) is 8.11. The molecule has 0 saturated carbocycles. The molecule has 2 aromatic heterocycles. The molecule has 1 amide bonds. The van der Waals surface area contributed by atoms with Gasteiger partial charge in [-0.2, -0.15) is 23.4 Å². The maximum Gasteiger partial charge on any atom is 0.416 e. The Morgan fingerprint density at radius 2 is 1.54 bits per heavy atom. The van der Waals surface area contributed by atoms with E-state index in [1.54, 1.807) is 51.1 Å². The number of rotatable bonds is 5. The van der Waals surface area contributed by atoms with E-state index >= 15 is 0 Å². The molecule has 0 fully saturated rings. The average molecular weight is 481 g/mol. The Hall–Kier alpha value is -4.21. The molecule has 0 aliphatic heterocycles. The van der Waals surface area contributed by atoms with Crippen LogP contribution in [0, 0.1) is 20.8 Å². The quantitative estimate of drug-likeness (QED) is 0.461. The van der Waals surface area contributed by atoms with Crippen molar-refractivity contribution in [3.8, 4) is 11.4 Å². The molecule has 0 atom stereocenters. The van der Waals surface area contributed by atoms with Crippen molar-refractivity contribution in [3.05, 3.63) is 105 Å². The lowest BCUT2D eigenvalue weighted by Gasteiger charge is -2.16. The van der Waals surface area contributed by atoms with E-state index in [2.05, 4.69) is 15.5 Å². The molecule has 1 N–H and O–H groups in total. The molecule has 7 nitrogen and oxygen atoms in total. The molecule has 0 spiro atoms. The maximum atomic E-state index is 13.8. The maximum absolute atomic E-state index is 13.8. The number of aromatic nitrogens is 4. The third-order valence-corrected chi connectivity index (χ3v) is 5.42. The van der Waals surface area contributed by atoms with E-state index in [0.29, 0.717) is 22.8 Å². The Morgan fingerprint density at radius 1 is 0.886 bits per heavy atom. The van der Waals surface area contributed by atoms with Gasteiger partial charge >= 0.3 is 6.18 Å². The van der Waals surface area contributed by atoms with Gasteiger partial charge in [-0.25, -0.2) is 9.36 Å². The summed E-state index contributed by atoms with van der Waals surface area (Å²) in [4.78, 5) is 25.2. The van der Waals surface area contributed by atoms with Crippen LogP contribution in [-0.4, -0.2) is 25.5 Å². The summed E-state index contributed by atoms with van der Waals surface area (Å²) in [5.41, 5.74) is 0.693. The number of hydrogen-bond donors (Lipinski definition) is 1. The van der Waals surface area contributed by atoms with E-state index in [1.165, 1.54) is 27.6 Å². The van der Waals surface area contributed by atoms with Gasteiger partial charge in [0.05, 0.1) is 22.6 Å². The summed E-state index contributed by atoms with van der Waals surface area (Å²) in [7, 11) is 0. The molecule has 4 rings (SSSR count). The highest BCUT2D eigenvalue weighted by Crippen LogP contribution is 2.33. The summed E-state index contributed by atoms with van der Waals surface area (Å²) in [5, 5.41) is 10.8. The molecular formula is C25H22F3N5O2. The second-order valence-electron chi connectivity index (χ2n) is 8.11. The molecule has 4 aromatic rings. The van der Waals surface area contributed by atoms with Gasteiger partial charge < -0.3 is 5.32 Å². The Labute approximate surface area is 198 Å². The fraction of sp³-hybridized carbons (Fsp3) is 0.200. The standard InChI is InChI=1S/C25H22F3N5O2/c1-15-11-16(2)33(30-15)20-10-9-18(21(13-20)25(26,27)28)14-29-24(35)23-22(34)12-17(3)32(31-23)19-7-5-4-6-8-19/h4-13H,14H2,1-3H3,(H,29,35). The molecule has 0 unspecified atom stereocenters. The van der Waals surface area contributed by atoms with Crippen molar-refractivity contribution >= 4 is 5.91 Å². The third kappa shape index (κ3) is 5.01. The zero-order valence-corrected chi connectivity index (χ0v) is 19.2. The predicted octanol–water partition coefficient (Wildman–Crippen LogP) is 4.29. The van der Waals surface area contributed by atoms with Gasteiger partial charge in [0.25, 0.3) is 5.91 Å². The number of halogens is 3. The number of benzene rings is 2. The smallest absolute Gasteiger partial charge is 0.346 e. The van der Waals surface area contributed by atoms with E-state index in [1.807, 2.05) is 6.07 Å². The number of alkyl halides is 3. The Morgan fingerprint density at radius 3 is 2.17 bits per heavy atom. The van der Waals surface area contributed by atoms with Gasteiger partial charge in [0.15, 0.2) is 5.69 Å². The van der Waals surface area contributed by atoms with Crippen LogP contribution in [0.25, 0.3) is 11.4 Å². The number of carbonyl (C=O) groups is 1. The van der Waals surface area contributed by atoms with Gasteiger partial charge in [-0.1, -0.05) is 24.3 Å². The van der Waals surface area contributed by atoms with Crippen LogP contribution in [0.1, 0.15) is 38.7 Å². The first-order valence-corrected chi connectivity index (χ1v) is 10.7. The molecule has 35 heavy (non-hydrogen) atoms. The van der Waals surface area contributed by atoms with E-state index in [-0.39, 0.29) is 11.3 Å². The first-order chi connectivity index (χ1) is 16.5. The number of nitrogens with zero attached hydrogens (tertiary/aromatic N) is 4. The molecule has 0 aliphatic rings. The zero-order valence-electron chi connectivity index (χ0n) is 19.2. The minimum Gasteiger partial charge on any atom is -0.346 e. The fourth-order valence-electron chi connectivity index (χ4n) is 3.80. The lowest BCUT2D eigenvalue weighted by atomic mass is 10.1. The number of aryl methyl sites for hydroxylation is 3. The van der Waals surface area contributed by atoms with Gasteiger partial charge in [-0.15, -0.1) is 0 Å². The van der Waals surface area contributed by atoms with Crippen molar-refractivity contribution in [1.29, 1.82) is 0 Å². The molecular weight excluding hydrogens is 459 g/mol. The van der Waals surface area contributed by atoms with E-state index in [4.69, 9.17) is 0 Å². The Kier molecular flexibility index (Phi) is 6.29. The van der Waals surface area contributed by atoms with Crippen molar-refractivity contribution in [3.63, 3.8) is 0 Å². The molecule has 2 aromatic carbocycles. The van der Waals surface area contributed by atoms with Crippen molar-refractivity contribution in [2.75, 3.05) is 0 Å². The highest BCUT2D eigenvalue weighted by molar-refractivity contribution is 5.92. The lowest BCUT2D eigenvalue weighted by Crippen LogP contribution is -2.32. The summed E-state index contributed by atoms with van der Waals surface area (Å²) in [6.45, 7) is 4.73. The van der Waals surface area contributed by atoms with E-state index < -0.39 is 35.3 Å². The van der Waals surface area contributed by atoms with Crippen LogP contribution in [0.4, 0.5) is 13.2 Å². The summed E-state index contributed by atoms with van der Waals surface area (Å²) < 4.78 is 44.4. The number of nitrogens with one attached hydrogen (secondary N) is 1. The number of para-hydroxylation sites is 1. The number of amides is 1. The summed E-state index contributed by atoms with van der Waals surface area (Å²) >= 11 is 0. The van der Waals surface area contributed by atoms with Crippen LogP contribution in [0.3, 0.4) is 0 Å². The number of carbonyl (C=O) groups excluding carboxylic acids is 1. The monoisotopic (exact) mass is 481 g/mol. The first-order valence-electron chi connectivity index (χ1n) is 10.7. The van der Waals surface area contributed by atoms with Crippen molar-refractivity contribution in [2.45, 2.75) is 33.5 Å². The molecule has 0 bridgehead atoms. The largest absolute Gasteiger partial charge is 0.416 e. The van der Waals surface area contributed by atoms with Crippen LogP contribution in [0.15, 0.2) is 65.5 Å². The van der Waals surface area contributed by atoms with Gasteiger partial charge in [-0.3, -0.25) is 9.59 Å². The SMILES string of the molecule is Cc1cc(C)n(-c2ccc(CNC(=O)c3nn(-c4ccccc4)c(C)cc3=O)c(C(F)(F)F)c2)n1. The Bertz CT molecular complexity index is 1460. The van der Waals surface area contributed by atoms with Gasteiger partial charge in [0.2, 0.25) is 5.43 Å². The van der Waals surface area contributed by atoms with Gasteiger partial charge in [-0.05, 0) is 56.7 Å². The average Bonchev–Trinajstić information content (AvgIpc) is 3.15. The summed E-state index contributed by atoms with van der Waals surface area (Å²) in [6.07, 6.45) is -4.66. The highest BCUT2D eigenvalue weighted by atomic mass is 19.4. The minimum atomic E-state index is -4.66. The molecule has 10 heteroatoms. The third-order valence-electron chi connectivity index (χ3n) is 5.42.